The van der Waals surface area contributed by atoms with E-state index in [4.69, 9.17) is 22.1 Å². The Morgan fingerprint density at radius 3 is 2.28 bits per heavy atom. The van der Waals surface area contributed by atoms with Gasteiger partial charge in [-0.15, -0.1) is 0 Å². The number of ether oxygens (including phenoxy) is 1. The third-order valence-electron chi connectivity index (χ3n) is 4.77. The van der Waals surface area contributed by atoms with E-state index in [0.29, 0.717) is 16.5 Å². The predicted octanol–water partition coefficient (Wildman–Crippen LogP) is 3.32. The van der Waals surface area contributed by atoms with Crippen molar-refractivity contribution in [3.05, 3.63) is 64.7 Å². The van der Waals surface area contributed by atoms with Crippen molar-refractivity contribution in [2.75, 3.05) is 13.2 Å². The SMILES string of the molecule is CCOCC1(N)C(c2ccc(Cl)cc2)C1S(=O)(=O)c1ccc(C)cc1. The normalized spacial score (nSPS) is 25.8. The summed E-state index contributed by atoms with van der Waals surface area (Å²) in [4.78, 5) is 0.297. The van der Waals surface area contributed by atoms with E-state index in [9.17, 15) is 8.42 Å². The van der Waals surface area contributed by atoms with Crippen LogP contribution in [0.3, 0.4) is 0 Å². The van der Waals surface area contributed by atoms with Gasteiger partial charge in [0.2, 0.25) is 0 Å². The lowest BCUT2D eigenvalue weighted by Crippen LogP contribution is -2.36. The van der Waals surface area contributed by atoms with Crippen molar-refractivity contribution in [3.8, 4) is 0 Å². The van der Waals surface area contributed by atoms with E-state index in [0.717, 1.165) is 11.1 Å². The summed E-state index contributed by atoms with van der Waals surface area (Å²) in [6.45, 7) is 4.48. The lowest BCUT2D eigenvalue weighted by atomic mass is 10.1. The fourth-order valence-corrected chi connectivity index (χ4v) is 5.79. The molecule has 2 aromatic carbocycles. The molecule has 4 nitrogen and oxygen atoms in total. The molecule has 0 radical (unpaired) electrons. The lowest BCUT2D eigenvalue weighted by molar-refractivity contribution is 0.125. The van der Waals surface area contributed by atoms with Gasteiger partial charge in [0.1, 0.15) is 0 Å². The zero-order valence-corrected chi connectivity index (χ0v) is 15.8. The van der Waals surface area contributed by atoms with Crippen molar-refractivity contribution < 1.29 is 13.2 Å². The average Bonchev–Trinajstić information content (AvgIpc) is 3.21. The number of hydrogen-bond acceptors (Lipinski definition) is 4. The fourth-order valence-electron chi connectivity index (χ4n) is 3.37. The van der Waals surface area contributed by atoms with Gasteiger partial charge >= 0.3 is 0 Å². The molecule has 134 valence electrons. The Labute approximate surface area is 153 Å². The first-order valence-corrected chi connectivity index (χ1v) is 10.2. The van der Waals surface area contributed by atoms with Gasteiger partial charge in [0.25, 0.3) is 0 Å². The quantitative estimate of drug-likeness (QED) is 0.835. The minimum atomic E-state index is -3.57. The fraction of sp³-hybridized carbons (Fsp3) is 0.368. The first-order chi connectivity index (χ1) is 11.8. The number of nitrogens with two attached hydrogens (primary N) is 1. The second-order valence-electron chi connectivity index (χ2n) is 6.56. The number of benzene rings is 2. The summed E-state index contributed by atoms with van der Waals surface area (Å²) >= 11 is 5.95. The van der Waals surface area contributed by atoms with Crippen molar-refractivity contribution in [2.24, 2.45) is 5.73 Å². The van der Waals surface area contributed by atoms with Gasteiger partial charge in [0.15, 0.2) is 9.84 Å². The maximum Gasteiger partial charge on any atom is 0.183 e. The topological polar surface area (TPSA) is 69.4 Å². The highest BCUT2D eigenvalue weighted by Gasteiger charge is 2.69. The van der Waals surface area contributed by atoms with Crippen LogP contribution in [0.2, 0.25) is 5.02 Å². The highest BCUT2D eigenvalue weighted by Crippen LogP contribution is 2.55. The highest BCUT2D eigenvalue weighted by molar-refractivity contribution is 7.92. The molecule has 2 aromatic rings. The molecule has 3 atom stereocenters. The molecule has 1 fully saturated rings. The van der Waals surface area contributed by atoms with Crippen molar-refractivity contribution >= 4 is 21.4 Å². The average molecular weight is 380 g/mol. The third kappa shape index (κ3) is 3.34. The van der Waals surface area contributed by atoms with E-state index in [1.54, 1.807) is 36.4 Å². The first-order valence-electron chi connectivity index (χ1n) is 8.23. The summed E-state index contributed by atoms with van der Waals surface area (Å²) in [5.41, 5.74) is 7.45. The maximum atomic E-state index is 13.2. The molecule has 3 rings (SSSR count). The zero-order valence-electron chi connectivity index (χ0n) is 14.3. The Balaban J connectivity index is 1.99. The minimum absolute atomic E-state index is 0.201. The molecule has 0 spiro atoms. The second kappa shape index (κ2) is 6.72. The molecule has 0 heterocycles. The zero-order chi connectivity index (χ0) is 18.2. The molecule has 1 saturated carbocycles. The van der Waals surface area contributed by atoms with Crippen molar-refractivity contribution in [1.29, 1.82) is 0 Å². The van der Waals surface area contributed by atoms with E-state index >= 15 is 0 Å². The first kappa shape index (κ1) is 18.4. The molecular weight excluding hydrogens is 358 g/mol. The third-order valence-corrected chi connectivity index (χ3v) is 7.33. The van der Waals surface area contributed by atoms with E-state index < -0.39 is 20.6 Å². The molecule has 0 saturated heterocycles. The van der Waals surface area contributed by atoms with Gasteiger partial charge in [-0.25, -0.2) is 8.42 Å². The van der Waals surface area contributed by atoms with Crippen molar-refractivity contribution in [3.63, 3.8) is 0 Å². The van der Waals surface area contributed by atoms with Crippen LogP contribution in [0.4, 0.5) is 0 Å². The van der Waals surface area contributed by atoms with Crippen LogP contribution in [-0.2, 0) is 14.6 Å². The monoisotopic (exact) mass is 379 g/mol. The number of rotatable bonds is 6. The van der Waals surface area contributed by atoms with Crippen LogP contribution in [-0.4, -0.2) is 32.4 Å². The number of halogens is 1. The Morgan fingerprint density at radius 2 is 1.72 bits per heavy atom. The standard InChI is InChI=1S/C19H22ClNO3S/c1-3-24-12-19(21)17(14-6-8-15(20)9-7-14)18(19)25(22,23)16-10-4-13(2)5-11-16/h4-11,17-18H,3,12,21H2,1-2H3. The molecule has 25 heavy (non-hydrogen) atoms. The second-order valence-corrected chi connectivity index (χ2v) is 9.06. The van der Waals surface area contributed by atoms with Gasteiger partial charge in [0, 0.05) is 17.5 Å². The molecular formula is C19H22ClNO3S. The molecule has 0 aliphatic heterocycles. The van der Waals surface area contributed by atoms with Gasteiger partial charge in [-0.2, -0.15) is 0 Å². The molecule has 3 unspecified atom stereocenters. The number of aryl methyl sites for hydroxylation is 1. The van der Waals surface area contributed by atoms with Gasteiger partial charge in [-0.05, 0) is 43.7 Å². The molecule has 1 aliphatic carbocycles. The van der Waals surface area contributed by atoms with Gasteiger partial charge < -0.3 is 10.5 Å². The van der Waals surface area contributed by atoms with Crippen LogP contribution < -0.4 is 5.73 Å². The largest absolute Gasteiger partial charge is 0.380 e. The Hall–Kier alpha value is -1.40. The summed E-state index contributed by atoms with van der Waals surface area (Å²) in [7, 11) is -3.57. The van der Waals surface area contributed by atoms with Gasteiger partial charge in [0.05, 0.1) is 22.3 Å². The predicted molar refractivity (Wildman–Crippen MR) is 99.8 cm³/mol. The van der Waals surface area contributed by atoms with Crippen LogP contribution in [0.15, 0.2) is 53.4 Å². The van der Waals surface area contributed by atoms with Crippen molar-refractivity contribution in [2.45, 2.75) is 35.4 Å². The van der Waals surface area contributed by atoms with Crippen molar-refractivity contribution in [1.82, 2.24) is 0 Å². The van der Waals surface area contributed by atoms with Crippen LogP contribution in [0, 0.1) is 6.92 Å². The lowest BCUT2D eigenvalue weighted by Gasteiger charge is -2.12. The smallest absolute Gasteiger partial charge is 0.183 e. The Morgan fingerprint density at radius 1 is 1.12 bits per heavy atom. The molecule has 0 amide bonds. The van der Waals surface area contributed by atoms with Gasteiger partial charge in [-0.3, -0.25) is 0 Å². The summed E-state index contributed by atoms with van der Waals surface area (Å²) in [6, 6.07) is 14.1. The van der Waals surface area contributed by atoms with E-state index in [1.165, 1.54) is 0 Å². The molecule has 0 aromatic heterocycles. The van der Waals surface area contributed by atoms with E-state index in [-0.39, 0.29) is 12.5 Å². The summed E-state index contributed by atoms with van der Waals surface area (Å²) < 4.78 is 31.8. The Bertz CT molecular complexity index is 849. The Kier molecular flexibility index (Phi) is 4.95. The van der Waals surface area contributed by atoms with E-state index in [2.05, 4.69) is 0 Å². The van der Waals surface area contributed by atoms with Crippen LogP contribution in [0.25, 0.3) is 0 Å². The minimum Gasteiger partial charge on any atom is -0.380 e. The molecule has 1 aliphatic rings. The van der Waals surface area contributed by atoms with Crippen LogP contribution in [0.5, 0.6) is 0 Å². The van der Waals surface area contributed by atoms with Gasteiger partial charge in [-0.1, -0.05) is 41.4 Å². The highest BCUT2D eigenvalue weighted by atomic mass is 35.5. The number of sulfone groups is 1. The summed E-state index contributed by atoms with van der Waals surface area (Å²) in [5, 5.41) is -0.106. The molecule has 0 bridgehead atoms. The van der Waals surface area contributed by atoms with Crippen LogP contribution in [0.1, 0.15) is 24.0 Å². The van der Waals surface area contributed by atoms with Crippen LogP contribution >= 0.6 is 11.6 Å². The molecule has 2 N–H and O–H groups in total. The maximum absolute atomic E-state index is 13.2. The summed E-state index contributed by atoms with van der Waals surface area (Å²) in [6.07, 6.45) is 0. The molecule has 6 heteroatoms. The van der Waals surface area contributed by atoms with E-state index in [1.807, 2.05) is 26.0 Å². The summed E-state index contributed by atoms with van der Waals surface area (Å²) in [5.74, 6) is -0.317. The number of hydrogen-bond donors (Lipinski definition) is 1.